The highest BCUT2D eigenvalue weighted by atomic mass is 35.5. The van der Waals surface area contributed by atoms with E-state index >= 15 is 0 Å². The molecule has 3 nitrogen and oxygen atoms in total. The molecule has 0 bridgehead atoms. The molecule has 88 valence electrons. The molecule has 1 heterocycles. The Bertz CT molecular complexity index is 509. The lowest BCUT2D eigenvalue weighted by atomic mass is 10.1. The van der Waals surface area contributed by atoms with Crippen molar-refractivity contribution in [2.45, 2.75) is 36.1 Å². The number of hydrogen-bond acceptors (Lipinski definition) is 3. The lowest BCUT2D eigenvalue weighted by Gasteiger charge is -2.04. The lowest BCUT2D eigenvalue weighted by Crippen LogP contribution is -2.07. The zero-order chi connectivity index (χ0) is 10.5. The van der Waals surface area contributed by atoms with Gasteiger partial charge in [0.05, 0.1) is 10.1 Å². The van der Waals surface area contributed by atoms with Crippen LogP contribution in [-0.4, -0.2) is 13.7 Å². The maximum Gasteiger partial charge on any atom is 0.181 e. The average Bonchev–Trinajstić information content (AvgIpc) is 2.97. The van der Waals surface area contributed by atoms with E-state index in [-0.39, 0.29) is 17.7 Å². The molecule has 1 saturated carbocycles. The zero-order valence-corrected chi connectivity index (χ0v) is 10.4. The summed E-state index contributed by atoms with van der Waals surface area (Å²) in [7, 11) is -3.02. The molecule has 2 aliphatic rings. The van der Waals surface area contributed by atoms with Crippen molar-refractivity contribution in [3.63, 3.8) is 0 Å². The van der Waals surface area contributed by atoms with Gasteiger partial charge in [-0.1, -0.05) is 6.07 Å². The lowest BCUT2D eigenvalue weighted by molar-refractivity contribution is 0.594. The third-order valence-corrected chi connectivity index (χ3v) is 5.36. The summed E-state index contributed by atoms with van der Waals surface area (Å²) in [6.07, 6.45) is 1.66. The number of sulfone groups is 1. The second-order valence-corrected chi connectivity index (χ2v) is 6.51. The second kappa shape index (κ2) is 4.02. The highest BCUT2D eigenvalue weighted by molar-refractivity contribution is 7.92. The van der Waals surface area contributed by atoms with Crippen molar-refractivity contribution >= 4 is 22.2 Å². The van der Waals surface area contributed by atoms with Crippen molar-refractivity contribution in [2.24, 2.45) is 0 Å². The van der Waals surface area contributed by atoms with Crippen LogP contribution in [0.25, 0.3) is 0 Å². The fourth-order valence-corrected chi connectivity index (χ4v) is 3.72. The van der Waals surface area contributed by atoms with Gasteiger partial charge in [0.2, 0.25) is 0 Å². The SMILES string of the molecule is Cl.O=S(=O)(c1ccc2c(c1)CNC2)C1CC1. The first-order valence-corrected chi connectivity index (χ1v) is 6.79. The van der Waals surface area contributed by atoms with Gasteiger partial charge < -0.3 is 5.32 Å². The number of benzene rings is 1. The fraction of sp³-hybridized carbons (Fsp3) is 0.455. The molecule has 0 spiro atoms. The van der Waals surface area contributed by atoms with Crippen LogP contribution in [0.1, 0.15) is 24.0 Å². The van der Waals surface area contributed by atoms with Crippen LogP contribution in [0.4, 0.5) is 0 Å². The summed E-state index contributed by atoms with van der Waals surface area (Å²) < 4.78 is 23.9. The van der Waals surface area contributed by atoms with Crippen molar-refractivity contribution in [1.29, 1.82) is 0 Å². The zero-order valence-electron chi connectivity index (χ0n) is 8.77. The summed E-state index contributed by atoms with van der Waals surface area (Å²) in [6, 6.07) is 5.52. The molecule has 1 aliphatic carbocycles. The Labute approximate surface area is 102 Å². The predicted molar refractivity (Wildman–Crippen MR) is 64.4 cm³/mol. The molecule has 1 N–H and O–H groups in total. The minimum atomic E-state index is -3.02. The molecule has 0 amide bonds. The van der Waals surface area contributed by atoms with E-state index in [1.807, 2.05) is 12.1 Å². The van der Waals surface area contributed by atoms with Gasteiger partial charge in [0.15, 0.2) is 9.84 Å². The largest absolute Gasteiger partial charge is 0.309 e. The Morgan fingerprint density at radius 3 is 2.50 bits per heavy atom. The normalized spacial score (nSPS) is 19.0. The van der Waals surface area contributed by atoms with Gasteiger partial charge in [0.25, 0.3) is 0 Å². The standard InChI is InChI=1S/C11H13NO2S.ClH/c13-15(14,10-3-4-10)11-2-1-8-6-12-7-9(8)5-11;/h1-2,5,10,12H,3-4,6-7H2;1H. The van der Waals surface area contributed by atoms with Crippen molar-refractivity contribution in [3.05, 3.63) is 29.3 Å². The molecule has 0 atom stereocenters. The highest BCUT2D eigenvalue weighted by Gasteiger charge is 2.37. The Balaban J connectivity index is 0.000000963. The van der Waals surface area contributed by atoms with Crippen molar-refractivity contribution in [2.75, 3.05) is 0 Å². The molecule has 0 aromatic heterocycles. The molecular formula is C11H14ClNO2S. The average molecular weight is 260 g/mol. The molecule has 0 saturated heterocycles. The third kappa shape index (κ3) is 1.85. The summed E-state index contributed by atoms with van der Waals surface area (Å²) in [5.74, 6) is 0. The van der Waals surface area contributed by atoms with Crippen molar-refractivity contribution in [1.82, 2.24) is 5.32 Å². The monoisotopic (exact) mass is 259 g/mol. The predicted octanol–water partition coefficient (Wildman–Crippen LogP) is 1.65. The smallest absolute Gasteiger partial charge is 0.181 e. The van der Waals surface area contributed by atoms with E-state index in [9.17, 15) is 8.42 Å². The molecule has 0 radical (unpaired) electrons. The molecule has 1 fully saturated rings. The molecule has 1 aliphatic heterocycles. The first-order chi connectivity index (χ1) is 7.18. The van der Waals surface area contributed by atoms with E-state index in [1.54, 1.807) is 6.07 Å². The Hall–Kier alpha value is -0.580. The van der Waals surface area contributed by atoms with E-state index in [0.29, 0.717) is 4.90 Å². The van der Waals surface area contributed by atoms with E-state index in [2.05, 4.69) is 5.32 Å². The van der Waals surface area contributed by atoms with Crippen molar-refractivity contribution in [3.8, 4) is 0 Å². The summed E-state index contributed by atoms with van der Waals surface area (Å²) in [6.45, 7) is 1.66. The number of nitrogens with one attached hydrogen (secondary N) is 1. The second-order valence-electron chi connectivity index (χ2n) is 4.28. The first-order valence-electron chi connectivity index (χ1n) is 5.24. The van der Waals surface area contributed by atoms with Gasteiger partial charge in [0.1, 0.15) is 0 Å². The highest BCUT2D eigenvalue weighted by Crippen LogP contribution is 2.34. The van der Waals surface area contributed by atoms with Crippen LogP contribution in [0.5, 0.6) is 0 Å². The molecular weight excluding hydrogens is 246 g/mol. The molecule has 16 heavy (non-hydrogen) atoms. The quantitative estimate of drug-likeness (QED) is 0.879. The molecule has 0 unspecified atom stereocenters. The molecule has 3 rings (SSSR count). The van der Waals surface area contributed by atoms with Crippen LogP contribution >= 0.6 is 12.4 Å². The summed E-state index contributed by atoms with van der Waals surface area (Å²) in [4.78, 5) is 0.507. The van der Waals surface area contributed by atoms with Gasteiger partial charge in [0, 0.05) is 13.1 Å². The van der Waals surface area contributed by atoms with Crippen LogP contribution in [-0.2, 0) is 22.9 Å². The van der Waals surface area contributed by atoms with Crippen LogP contribution in [0.15, 0.2) is 23.1 Å². The van der Waals surface area contributed by atoms with E-state index in [4.69, 9.17) is 0 Å². The van der Waals surface area contributed by atoms with Gasteiger partial charge >= 0.3 is 0 Å². The maximum atomic E-state index is 12.0. The van der Waals surface area contributed by atoms with E-state index < -0.39 is 9.84 Å². The molecule has 1 aromatic carbocycles. The van der Waals surface area contributed by atoms with Gasteiger partial charge in [-0.25, -0.2) is 8.42 Å². The summed E-state index contributed by atoms with van der Waals surface area (Å²) >= 11 is 0. The third-order valence-electron chi connectivity index (χ3n) is 3.10. The van der Waals surface area contributed by atoms with Crippen LogP contribution in [0, 0.1) is 0 Å². The number of fused-ring (bicyclic) bond motifs is 1. The Morgan fingerprint density at radius 1 is 1.12 bits per heavy atom. The van der Waals surface area contributed by atoms with E-state index in [1.165, 1.54) is 5.56 Å². The topological polar surface area (TPSA) is 46.2 Å². The van der Waals surface area contributed by atoms with Gasteiger partial charge in [-0.05, 0) is 36.1 Å². The summed E-state index contributed by atoms with van der Waals surface area (Å²) in [5, 5.41) is 3.11. The minimum absolute atomic E-state index is 0. The summed E-state index contributed by atoms with van der Waals surface area (Å²) in [5.41, 5.74) is 2.36. The van der Waals surface area contributed by atoms with Crippen LogP contribution in [0.2, 0.25) is 0 Å². The van der Waals surface area contributed by atoms with E-state index in [0.717, 1.165) is 31.5 Å². The maximum absolute atomic E-state index is 12.0. The van der Waals surface area contributed by atoms with Gasteiger partial charge in [-0.2, -0.15) is 0 Å². The number of rotatable bonds is 2. The Kier molecular flexibility index (Phi) is 2.99. The first kappa shape index (κ1) is 11.9. The number of hydrogen-bond donors (Lipinski definition) is 1. The van der Waals surface area contributed by atoms with Crippen LogP contribution in [0.3, 0.4) is 0 Å². The fourth-order valence-electron chi connectivity index (χ4n) is 2.02. The van der Waals surface area contributed by atoms with Gasteiger partial charge in [-0.15, -0.1) is 12.4 Å². The Morgan fingerprint density at radius 2 is 1.81 bits per heavy atom. The number of halogens is 1. The van der Waals surface area contributed by atoms with Crippen molar-refractivity contribution < 1.29 is 8.42 Å². The van der Waals surface area contributed by atoms with Crippen LogP contribution < -0.4 is 5.32 Å². The molecule has 1 aromatic rings. The minimum Gasteiger partial charge on any atom is -0.309 e. The van der Waals surface area contributed by atoms with Gasteiger partial charge in [-0.3, -0.25) is 0 Å². The molecule has 5 heteroatoms.